The van der Waals surface area contributed by atoms with E-state index in [-0.39, 0.29) is 23.9 Å². The van der Waals surface area contributed by atoms with E-state index in [2.05, 4.69) is 9.98 Å². The fourth-order valence-corrected chi connectivity index (χ4v) is 5.41. The van der Waals surface area contributed by atoms with Crippen LogP contribution in [0, 0.1) is 0 Å². The Labute approximate surface area is 168 Å². The van der Waals surface area contributed by atoms with Crippen LogP contribution < -0.4 is 5.73 Å². The molecule has 1 aliphatic heterocycles. The first kappa shape index (κ1) is 18.9. The standard InChI is InChI=1S/C19H19ClN4O3S/c1-24-18(21)23-19(11-28(24,26)27)7-6-13-3-2-12(8-15(13)19)9-17(25)16-5-4-14(20)10-22-16/h2-5,8,10H,6-7,9,11H2,1H3,(H2,21,23)/t19-/m0/s1. The van der Waals surface area contributed by atoms with Crippen molar-refractivity contribution in [1.82, 2.24) is 9.29 Å². The van der Waals surface area contributed by atoms with Crippen molar-refractivity contribution in [1.29, 1.82) is 0 Å². The van der Waals surface area contributed by atoms with Gasteiger partial charge in [0.2, 0.25) is 16.0 Å². The van der Waals surface area contributed by atoms with E-state index in [1.807, 2.05) is 18.2 Å². The number of carbonyl (C=O) groups excluding carboxylic acids is 1. The largest absolute Gasteiger partial charge is 0.369 e. The molecule has 0 bridgehead atoms. The molecule has 1 aliphatic carbocycles. The van der Waals surface area contributed by atoms with E-state index in [1.54, 1.807) is 12.1 Å². The number of fused-ring (bicyclic) bond motifs is 2. The number of hydrogen-bond donors (Lipinski definition) is 1. The number of aromatic nitrogens is 1. The Bertz CT molecular complexity index is 1100. The third kappa shape index (κ3) is 3.16. The van der Waals surface area contributed by atoms with Crippen LogP contribution in [0.1, 0.15) is 33.6 Å². The summed E-state index contributed by atoms with van der Waals surface area (Å²) in [6, 6.07) is 8.93. The lowest BCUT2D eigenvalue weighted by atomic mass is 9.92. The monoisotopic (exact) mass is 418 g/mol. The van der Waals surface area contributed by atoms with Gasteiger partial charge in [-0.3, -0.25) is 9.78 Å². The van der Waals surface area contributed by atoms with Crippen LogP contribution >= 0.6 is 11.6 Å². The molecular weight excluding hydrogens is 400 g/mol. The van der Waals surface area contributed by atoms with Crippen molar-refractivity contribution >= 4 is 33.4 Å². The number of pyridine rings is 1. The summed E-state index contributed by atoms with van der Waals surface area (Å²) in [6.45, 7) is 0. The Morgan fingerprint density at radius 1 is 1.32 bits per heavy atom. The molecule has 1 spiro atoms. The van der Waals surface area contributed by atoms with E-state index >= 15 is 0 Å². The Balaban J connectivity index is 1.68. The van der Waals surface area contributed by atoms with Crippen LogP contribution in [0.4, 0.5) is 0 Å². The maximum Gasteiger partial charge on any atom is 0.239 e. The highest BCUT2D eigenvalue weighted by Crippen LogP contribution is 2.43. The molecule has 9 heteroatoms. The molecule has 0 saturated carbocycles. The number of rotatable bonds is 3. The van der Waals surface area contributed by atoms with Gasteiger partial charge < -0.3 is 5.73 Å². The first-order chi connectivity index (χ1) is 13.2. The summed E-state index contributed by atoms with van der Waals surface area (Å²) in [5.74, 6) is -0.269. The molecule has 0 saturated heterocycles. The molecule has 0 amide bonds. The summed E-state index contributed by atoms with van der Waals surface area (Å²) in [7, 11) is -2.13. The Morgan fingerprint density at radius 3 is 2.79 bits per heavy atom. The molecule has 2 aromatic rings. The number of aryl methyl sites for hydroxylation is 1. The molecule has 4 rings (SSSR count). The zero-order chi connectivity index (χ0) is 20.1. The number of sulfonamides is 1. The summed E-state index contributed by atoms with van der Waals surface area (Å²) in [5, 5.41) is 0.468. The second-order valence-corrected chi connectivity index (χ2v) is 9.62. The van der Waals surface area contributed by atoms with Crippen LogP contribution in [0.3, 0.4) is 0 Å². The molecule has 7 nitrogen and oxygen atoms in total. The normalized spacial score (nSPS) is 22.8. The van der Waals surface area contributed by atoms with Crippen molar-refractivity contribution in [3.05, 3.63) is 63.9 Å². The molecule has 28 heavy (non-hydrogen) atoms. The van der Waals surface area contributed by atoms with Crippen molar-refractivity contribution in [3.8, 4) is 0 Å². The van der Waals surface area contributed by atoms with Gasteiger partial charge in [0.15, 0.2) is 5.78 Å². The molecule has 1 aromatic heterocycles. The number of nitrogens with two attached hydrogens (primary N) is 1. The van der Waals surface area contributed by atoms with Gasteiger partial charge in [0.05, 0.1) is 10.8 Å². The molecule has 2 aliphatic rings. The minimum absolute atomic E-state index is 0.00839. The predicted molar refractivity (Wildman–Crippen MR) is 107 cm³/mol. The van der Waals surface area contributed by atoms with Gasteiger partial charge >= 0.3 is 0 Å². The van der Waals surface area contributed by atoms with Crippen LogP contribution in [0.25, 0.3) is 0 Å². The first-order valence-electron chi connectivity index (χ1n) is 8.79. The number of halogens is 1. The molecule has 2 heterocycles. The van der Waals surface area contributed by atoms with Crippen LogP contribution in [-0.4, -0.2) is 42.3 Å². The second kappa shape index (κ2) is 6.56. The van der Waals surface area contributed by atoms with Crippen molar-refractivity contribution in [3.63, 3.8) is 0 Å². The Kier molecular flexibility index (Phi) is 4.43. The quantitative estimate of drug-likeness (QED) is 0.766. The molecule has 0 fully saturated rings. The Hall–Kier alpha value is -2.45. The van der Waals surface area contributed by atoms with E-state index in [4.69, 9.17) is 17.3 Å². The maximum atomic E-state index is 12.5. The van der Waals surface area contributed by atoms with Gasteiger partial charge in [0.1, 0.15) is 11.2 Å². The third-order valence-corrected chi connectivity index (χ3v) is 7.44. The van der Waals surface area contributed by atoms with E-state index in [1.165, 1.54) is 13.2 Å². The number of carbonyl (C=O) groups is 1. The van der Waals surface area contributed by atoms with Gasteiger partial charge in [-0.2, -0.15) is 0 Å². The summed E-state index contributed by atoms with van der Waals surface area (Å²) in [5.41, 5.74) is 8.00. The van der Waals surface area contributed by atoms with Crippen LogP contribution in [0.2, 0.25) is 5.02 Å². The second-order valence-electron chi connectivity index (χ2n) is 7.18. The van der Waals surface area contributed by atoms with Crippen LogP contribution in [0.15, 0.2) is 41.5 Å². The number of ketones is 1. The Morgan fingerprint density at radius 2 is 2.11 bits per heavy atom. The molecule has 1 atom stereocenters. The molecular formula is C19H19ClN4O3S. The zero-order valence-electron chi connectivity index (χ0n) is 15.2. The first-order valence-corrected chi connectivity index (χ1v) is 10.8. The smallest absolute Gasteiger partial charge is 0.239 e. The maximum absolute atomic E-state index is 12.5. The van der Waals surface area contributed by atoms with E-state index in [0.717, 1.165) is 27.4 Å². The van der Waals surface area contributed by atoms with Gasteiger partial charge in [-0.25, -0.2) is 17.7 Å². The molecule has 1 aromatic carbocycles. The number of aliphatic imine (C=N–C) groups is 1. The number of hydrogen-bond acceptors (Lipinski definition) is 6. The number of Topliss-reactive ketones (excluding diaryl/α,β-unsaturated/α-hetero) is 1. The van der Waals surface area contributed by atoms with Gasteiger partial charge in [-0.15, -0.1) is 0 Å². The van der Waals surface area contributed by atoms with Crippen molar-refractivity contribution in [2.45, 2.75) is 24.8 Å². The average molecular weight is 419 g/mol. The fourth-order valence-electron chi connectivity index (χ4n) is 3.81. The highest BCUT2D eigenvalue weighted by Gasteiger charge is 2.47. The SMILES string of the molecule is CN1C(N)=N[C@@]2(CCc3ccc(CC(=O)c4ccc(Cl)cn4)cc32)CS1(=O)=O. The van der Waals surface area contributed by atoms with E-state index < -0.39 is 15.6 Å². The summed E-state index contributed by atoms with van der Waals surface area (Å²) < 4.78 is 26.1. The van der Waals surface area contributed by atoms with E-state index in [9.17, 15) is 13.2 Å². The number of nitrogens with zero attached hydrogens (tertiary/aromatic N) is 3. The predicted octanol–water partition coefficient (Wildman–Crippen LogP) is 1.89. The average Bonchev–Trinajstić information content (AvgIpc) is 2.97. The lowest BCUT2D eigenvalue weighted by Gasteiger charge is -2.34. The minimum Gasteiger partial charge on any atom is -0.369 e. The van der Waals surface area contributed by atoms with Crippen LogP contribution in [0.5, 0.6) is 0 Å². The van der Waals surface area contributed by atoms with Crippen molar-refractivity contribution in [2.24, 2.45) is 10.7 Å². The highest BCUT2D eigenvalue weighted by molar-refractivity contribution is 7.89. The lowest BCUT2D eigenvalue weighted by Crippen LogP contribution is -2.50. The highest BCUT2D eigenvalue weighted by atomic mass is 35.5. The lowest BCUT2D eigenvalue weighted by molar-refractivity contribution is 0.0988. The molecule has 2 N–H and O–H groups in total. The van der Waals surface area contributed by atoms with Crippen LogP contribution in [-0.2, 0) is 28.4 Å². The fraction of sp³-hybridized carbons (Fsp3) is 0.316. The number of guanidine groups is 1. The van der Waals surface area contributed by atoms with Gasteiger partial charge in [0.25, 0.3) is 0 Å². The molecule has 0 unspecified atom stereocenters. The summed E-state index contributed by atoms with van der Waals surface area (Å²) in [6.07, 6.45) is 2.89. The topological polar surface area (TPSA) is 106 Å². The van der Waals surface area contributed by atoms with E-state index in [0.29, 0.717) is 17.1 Å². The third-order valence-electron chi connectivity index (χ3n) is 5.35. The summed E-state index contributed by atoms with van der Waals surface area (Å²) in [4.78, 5) is 21.1. The molecule has 146 valence electrons. The van der Waals surface area contributed by atoms with Crippen molar-refractivity contribution in [2.75, 3.05) is 12.8 Å². The van der Waals surface area contributed by atoms with Crippen molar-refractivity contribution < 1.29 is 13.2 Å². The van der Waals surface area contributed by atoms with Gasteiger partial charge in [-0.05, 0) is 41.7 Å². The summed E-state index contributed by atoms with van der Waals surface area (Å²) >= 11 is 5.82. The van der Waals surface area contributed by atoms with Gasteiger partial charge in [0, 0.05) is 19.7 Å². The zero-order valence-corrected chi connectivity index (χ0v) is 16.8. The molecule has 0 radical (unpaired) electrons. The minimum atomic E-state index is -3.54. The number of benzene rings is 1. The van der Waals surface area contributed by atoms with Gasteiger partial charge in [-0.1, -0.05) is 29.8 Å².